The third-order valence-corrected chi connectivity index (χ3v) is 8.33. The number of carbonyl (C=O) groups excluding carboxylic acids is 1. The number of carboxylic acid groups (broad SMARTS) is 1. The van der Waals surface area contributed by atoms with Gasteiger partial charge in [0.25, 0.3) is 0 Å². The summed E-state index contributed by atoms with van der Waals surface area (Å²) in [6.07, 6.45) is 7.31. The number of hydrogen-bond acceptors (Lipinski definition) is 5. The van der Waals surface area contributed by atoms with Gasteiger partial charge in [0.1, 0.15) is 4.88 Å². The molecule has 33 heavy (non-hydrogen) atoms. The first-order valence-electron chi connectivity index (χ1n) is 12.0. The van der Waals surface area contributed by atoms with Crippen molar-refractivity contribution in [1.82, 2.24) is 5.48 Å². The highest BCUT2D eigenvalue weighted by Crippen LogP contribution is 2.41. The predicted molar refractivity (Wildman–Crippen MR) is 132 cm³/mol. The molecule has 2 saturated carbocycles. The minimum atomic E-state index is -0.970. The number of carboxylic acids is 1. The lowest BCUT2D eigenvalue weighted by Crippen LogP contribution is -2.48. The van der Waals surface area contributed by atoms with Crippen molar-refractivity contribution in [3.05, 3.63) is 41.3 Å². The van der Waals surface area contributed by atoms with Crippen LogP contribution in [0.4, 0.5) is 5.69 Å². The highest BCUT2D eigenvalue weighted by atomic mass is 32.1. The summed E-state index contributed by atoms with van der Waals surface area (Å²) in [7, 11) is 1.63. The molecule has 7 heteroatoms. The highest BCUT2D eigenvalue weighted by Gasteiger charge is 2.37. The number of anilines is 1. The van der Waals surface area contributed by atoms with Crippen LogP contribution >= 0.6 is 11.3 Å². The lowest BCUT2D eigenvalue weighted by Gasteiger charge is -2.39. The average Bonchev–Trinajstić information content (AvgIpc) is 3.27. The molecule has 1 amide bonds. The van der Waals surface area contributed by atoms with E-state index in [2.05, 4.69) is 12.4 Å². The molecular weight excluding hydrogens is 436 g/mol. The van der Waals surface area contributed by atoms with Gasteiger partial charge in [-0.3, -0.25) is 4.79 Å². The minimum Gasteiger partial charge on any atom is -0.477 e. The number of hydrogen-bond donors (Lipinski definition) is 2. The van der Waals surface area contributed by atoms with Gasteiger partial charge in [0, 0.05) is 22.9 Å². The molecule has 0 radical (unpaired) electrons. The van der Waals surface area contributed by atoms with Crippen molar-refractivity contribution >= 4 is 28.9 Å². The summed E-state index contributed by atoms with van der Waals surface area (Å²) in [6, 6.07) is 12.0. The van der Waals surface area contributed by atoms with Crippen LogP contribution in [0.15, 0.2) is 36.4 Å². The first-order valence-corrected chi connectivity index (χ1v) is 12.8. The van der Waals surface area contributed by atoms with Crippen molar-refractivity contribution in [2.24, 2.45) is 11.8 Å². The molecule has 1 heterocycles. The van der Waals surface area contributed by atoms with E-state index in [0.717, 1.165) is 61.8 Å². The Kier molecular flexibility index (Phi) is 7.83. The summed E-state index contributed by atoms with van der Waals surface area (Å²) in [5, 5.41) is 10.1. The molecule has 0 unspecified atom stereocenters. The van der Waals surface area contributed by atoms with Crippen LogP contribution in [0.2, 0.25) is 0 Å². The quantitative estimate of drug-likeness (QED) is 0.505. The van der Waals surface area contributed by atoms with Crippen LogP contribution in [-0.2, 0) is 9.63 Å². The average molecular weight is 471 g/mol. The Labute approximate surface area is 199 Å². The smallest absolute Gasteiger partial charge is 0.348 e. The third kappa shape index (κ3) is 5.48. The van der Waals surface area contributed by atoms with Crippen LogP contribution < -0.4 is 10.4 Å². The minimum absolute atomic E-state index is 0.00285. The fourth-order valence-electron chi connectivity index (χ4n) is 5.28. The van der Waals surface area contributed by atoms with E-state index in [1.165, 1.54) is 11.3 Å². The Bertz CT molecular complexity index is 944. The maximum absolute atomic E-state index is 13.9. The van der Waals surface area contributed by atoms with Gasteiger partial charge in [-0.05, 0) is 68.9 Å². The van der Waals surface area contributed by atoms with E-state index in [1.807, 2.05) is 41.3 Å². The Morgan fingerprint density at radius 1 is 1.03 bits per heavy atom. The van der Waals surface area contributed by atoms with Crippen molar-refractivity contribution in [2.75, 3.05) is 12.0 Å². The van der Waals surface area contributed by atoms with E-state index < -0.39 is 5.97 Å². The predicted octanol–water partition coefficient (Wildman–Crippen LogP) is 5.73. The lowest BCUT2D eigenvalue weighted by atomic mass is 9.81. The molecule has 2 aliphatic rings. The number of aromatic carboxylic acids is 1. The second-order valence-electron chi connectivity index (χ2n) is 9.49. The molecule has 0 saturated heterocycles. The van der Waals surface area contributed by atoms with E-state index in [9.17, 15) is 14.7 Å². The fraction of sp³-hybridized carbons (Fsp3) is 0.538. The molecule has 6 nitrogen and oxygen atoms in total. The van der Waals surface area contributed by atoms with Gasteiger partial charge in [-0.15, -0.1) is 11.3 Å². The molecule has 2 aromatic rings. The SMILES string of the molecule is CONC1CCC(N(C(=O)C2CCC(C)CC2)c2cc(-c3ccccc3)sc2C(=O)O)CC1. The van der Waals surface area contributed by atoms with E-state index >= 15 is 0 Å². The second-order valence-corrected chi connectivity index (χ2v) is 10.5. The molecular formula is C26H34N2O4S. The summed E-state index contributed by atoms with van der Waals surface area (Å²) in [4.78, 5) is 34.3. The number of amides is 1. The Balaban J connectivity index is 1.69. The number of nitrogens with zero attached hydrogens (tertiary/aromatic N) is 1. The van der Waals surface area contributed by atoms with Gasteiger partial charge < -0.3 is 14.8 Å². The van der Waals surface area contributed by atoms with E-state index in [0.29, 0.717) is 11.6 Å². The number of nitrogens with one attached hydrogen (secondary N) is 1. The summed E-state index contributed by atoms with van der Waals surface area (Å²) in [5.41, 5.74) is 4.58. The maximum Gasteiger partial charge on any atom is 0.348 e. The van der Waals surface area contributed by atoms with Crippen molar-refractivity contribution in [2.45, 2.75) is 70.4 Å². The van der Waals surface area contributed by atoms with Crippen LogP contribution in [0.3, 0.4) is 0 Å². The van der Waals surface area contributed by atoms with Gasteiger partial charge >= 0.3 is 5.97 Å². The van der Waals surface area contributed by atoms with Crippen LogP contribution in [0.25, 0.3) is 10.4 Å². The van der Waals surface area contributed by atoms with Gasteiger partial charge in [-0.2, -0.15) is 5.48 Å². The van der Waals surface area contributed by atoms with Crippen molar-refractivity contribution in [3.8, 4) is 10.4 Å². The number of thiophene rings is 1. The summed E-state index contributed by atoms with van der Waals surface area (Å²) < 4.78 is 0. The van der Waals surface area contributed by atoms with Gasteiger partial charge in [0.2, 0.25) is 5.91 Å². The normalized spacial score (nSPS) is 25.5. The number of carbonyl (C=O) groups is 2. The Morgan fingerprint density at radius 2 is 1.70 bits per heavy atom. The monoisotopic (exact) mass is 470 g/mol. The second kappa shape index (κ2) is 10.8. The van der Waals surface area contributed by atoms with Crippen molar-refractivity contribution < 1.29 is 19.5 Å². The molecule has 1 aromatic carbocycles. The Hall–Kier alpha value is -2.22. The van der Waals surface area contributed by atoms with Crippen molar-refractivity contribution in [3.63, 3.8) is 0 Å². The lowest BCUT2D eigenvalue weighted by molar-refractivity contribution is -0.124. The van der Waals surface area contributed by atoms with Gasteiger partial charge in [-0.25, -0.2) is 4.79 Å². The molecule has 0 aliphatic heterocycles. The number of hydroxylamine groups is 1. The van der Waals surface area contributed by atoms with Crippen LogP contribution in [-0.4, -0.2) is 36.2 Å². The van der Waals surface area contributed by atoms with Crippen LogP contribution in [0.5, 0.6) is 0 Å². The molecule has 0 spiro atoms. The van der Waals surface area contributed by atoms with Crippen LogP contribution in [0, 0.1) is 11.8 Å². The zero-order chi connectivity index (χ0) is 23.4. The molecule has 2 N–H and O–H groups in total. The molecule has 178 valence electrons. The number of rotatable bonds is 7. The van der Waals surface area contributed by atoms with Gasteiger partial charge in [0.05, 0.1) is 12.8 Å². The van der Waals surface area contributed by atoms with Crippen molar-refractivity contribution in [1.29, 1.82) is 0 Å². The maximum atomic E-state index is 13.9. The van der Waals surface area contributed by atoms with E-state index in [1.54, 1.807) is 7.11 Å². The van der Waals surface area contributed by atoms with E-state index in [4.69, 9.17) is 4.84 Å². The first kappa shape index (κ1) is 23.9. The summed E-state index contributed by atoms with van der Waals surface area (Å²) in [5.74, 6) is -0.247. The highest BCUT2D eigenvalue weighted by molar-refractivity contribution is 7.18. The first-order chi connectivity index (χ1) is 16.0. The number of benzene rings is 1. The molecule has 2 fully saturated rings. The Morgan fingerprint density at radius 3 is 2.30 bits per heavy atom. The third-order valence-electron chi connectivity index (χ3n) is 7.17. The van der Waals surface area contributed by atoms with E-state index in [-0.39, 0.29) is 28.8 Å². The largest absolute Gasteiger partial charge is 0.477 e. The van der Waals surface area contributed by atoms with Gasteiger partial charge in [0.15, 0.2) is 0 Å². The van der Waals surface area contributed by atoms with Crippen LogP contribution in [0.1, 0.15) is 68.0 Å². The molecule has 0 atom stereocenters. The molecule has 2 aliphatic carbocycles. The zero-order valence-electron chi connectivity index (χ0n) is 19.5. The molecule has 4 rings (SSSR count). The van der Waals surface area contributed by atoms with Gasteiger partial charge in [-0.1, -0.05) is 37.3 Å². The summed E-state index contributed by atoms with van der Waals surface area (Å²) in [6.45, 7) is 2.25. The zero-order valence-corrected chi connectivity index (χ0v) is 20.3. The summed E-state index contributed by atoms with van der Waals surface area (Å²) >= 11 is 1.26. The standard InChI is InChI=1S/C26H34N2O4S/c1-17-8-10-19(11-9-17)25(29)28(21-14-12-20(13-15-21)27-32-2)22-16-23(33-24(22)26(30)31)18-6-4-3-5-7-18/h3-7,16-17,19-21,27H,8-15H2,1-2H3,(H,30,31). The fourth-order valence-corrected chi connectivity index (χ4v) is 6.27. The molecule has 0 bridgehead atoms. The molecule has 1 aromatic heterocycles. The topological polar surface area (TPSA) is 78.9 Å².